The third kappa shape index (κ3) is 5.09. The molecule has 0 fully saturated rings. The van der Waals surface area contributed by atoms with E-state index in [1.807, 2.05) is 84.9 Å². The van der Waals surface area contributed by atoms with Crippen LogP contribution in [0.2, 0.25) is 5.02 Å². The topological polar surface area (TPSA) is 45.9 Å². The van der Waals surface area contributed by atoms with Gasteiger partial charge in [0.25, 0.3) is 0 Å². The van der Waals surface area contributed by atoms with Gasteiger partial charge in [-0.05, 0) is 0 Å². The summed E-state index contributed by atoms with van der Waals surface area (Å²) in [6.07, 6.45) is 1.88. The van der Waals surface area contributed by atoms with Crippen LogP contribution in [0.15, 0.2) is 83.8 Å². The molecule has 0 bridgehead atoms. The molecule has 4 aromatic rings. The average Bonchev–Trinajstić information content (AvgIpc) is 3.28. The fourth-order valence-electron chi connectivity index (χ4n) is 2.86. The second-order valence-corrected chi connectivity index (χ2v) is 8.79. The molecule has 3 nitrogen and oxygen atoms in total. The zero-order chi connectivity index (χ0) is 20.8. The molecule has 0 saturated carbocycles. The molecule has 1 aromatic heterocycles. The van der Waals surface area contributed by atoms with Gasteiger partial charge in [-0.15, -0.1) is 0 Å². The van der Waals surface area contributed by atoms with Crippen molar-refractivity contribution in [1.29, 1.82) is 5.26 Å². The van der Waals surface area contributed by atoms with Crippen LogP contribution >= 0.6 is 11.6 Å². The van der Waals surface area contributed by atoms with Crippen LogP contribution in [-0.2, 0) is 6.61 Å². The maximum atomic E-state index is 9.65. The first-order valence-electron chi connectivity index (χ1n) is 9.32. The Labute approximate surface area is 186 Å². The van der Waals surface area contributed by atoms with E-state index >= 15 is 0 Å². The summed E-state index contributed by atoms with van der Waals surface area (Å²) < 4.78 is 6.66. The van der Waals surface area contributed by atoms with Crippen molar-refractivity contribution in [3.8, 4) is 23.1 Å². The van der Waals surface area contributed by atoms with Gasteiger partial charge in [0.1, 0.15) is 0 Å². The van der Waals surface area contributed by atoms with E-state index in [-0.39, 0.29) is 14.5 Å². The van der Waals surface area contributed by atoms with Crippen LogP contribution in [0, 0.1) is 11.3 Å². The Morgan fingerprint density at radius 1 is 1.00 bits per heavy atom. The number of benzene rings is 3. The monoisotopic (exact) mass is 476 g/mol. The molecule has 0 aliphatic heterocycles. The first-order chi connectivity index (χ1) is 14.7. The van der Waals surface area contributed by atoms with Crippen molar-refractivity contribution < 1.29 is 4.74 Å². The molecule has 30 heavy (non-hydrogen) atoms. The SMILES string of the molecule is N#C/C(=C\c1ccc(OCc2ccccc2)cc1)c1nc(-c2ccc(Cl)cc2)c[se]1. The summed E-state index contributed by atoms with van der Waals surface area (Å²) in [4.78, 5) is 6.78. The van der Waals surface area contributed by atoms with Gasteiger partial charge in [-0.25, -0.2) is 0 Å². The molecule has 4 rings (SSSR count). The number of nitriles is 1. The van der Waals surface area contributed by atoms with E-state index in [9.17, 15) is 5.26 Å². The number of aromatic nitrogens is 1. The molecule has 0 amide bonds. The first kappa shape index (κ1) is 20.2. The van der Waals surface area contributed by atoms with E-state index in [0.29, 0.717) is 17.2 Å². The van der Waals surface area contributed by atoms with Crippen LogP contribution in [-0.4, -0.2) is 19.5 Å². The van der Waals surface area contributed by atoms with E-state index in [4.69, 9.17) is 16.3 Å². The van der Waals surface area contributed by atoms with Gasteiger partial charge in [0, 0.05) is 0 Å². The number of ether oxygens (including phenoxy) is 1. The van der Waals surface area contributed by atoms with E-state index in [2.05, 4.69) is 16.0 Å². The van der Waals surface area contributed by atoms with Crippen LogP contribution in [0.5, 0.6) is 5.75 Å². The zero-order valence-electron chi connectivity index (χ0n) is 16.0. The second-order valence-electron chi connectivity index (χ2n) is 6.56. The van der Waals surface area contributed by atoms with Crippen molar-refractivity contribution in [2.75, 3.05) is 0 Å². The number of halogens is 1. The Kier molecular flexibility index (Phi) is 6.47. The van der Waals surface area contributed by atoms with Crippen molar-refractivity contribution in [2.24, 2.45) is 0 Å². The van der Waals surface area contributed by atoms with Crippen LogP contribution in [0.3, 0.4) is 0 Å². The molecule has 1 heterocycles. The summed E-state index contributed by atoms with van der Waals surface area (Å²) in [6.45, 7) is 0.526. The average molecular weight is 476 g/mol. The molecule has 0 radical (unpaired) electrons. The van der Waals surface area contributed by atoms with Gasteiger partial charge in [0.15, 0.2) is 0 Å². The molecule has 0 spiro atoms. The first-order valence-corrected chi connectivity index (χ1v) is 11.5. The second kappa shape index (κ2) is 9.61. The molecular weight excluding hydrogens is 459 g/mol. The van der Waals surface area contributed by atoms with Crippen LogP contribution in [0.4, 0.5) is 0 Å². The molecule has 0 atom stereocenters. The summed E-state index contributed by atoms with van der Waals surface area (Å²) in [5.41, 5.74) is 4.56. The van der Waals surface area contributed by atoms with Gasteiger partial charge in [-0.1, -0.05) is 6.07 Å². The summed E-state index contributed by atoms with van der Waals surface area (Å²) in [6, 6.07) is 27.7. The Morgan fingerprint density at radius 2 is 1.73 bits per heavy atom. The summed E-state index contributed by atoms with van der Waals surface area (Å²) in [5, 5.41) is 10.3. The Hall–Kier alpha value is -3.09. The molecular formula is C25H17ClN2OSe. The minimum atomic E-state index is 0.0231. The molecule has 0 aliphatic rings. The van der Waals surface area contributed by atoms with Gasteiger partial charge >= 0.3 is 181 Å². The normalized spacial score (nSPS) is 11.1. The third-order valence-corrected chi connectivity index (χ3v) is 6.52. The number of rotatable bonds is 6. The fraction of sp³-hybridized carbons (Fsp3) is 0.0400. The number of allylic oxidation sites excluding steroid dienone is 1. The van der Waals surface area contributed by atoms with E-state index in [0.717, 1.165) is 32.7 Å². The molecule has 5 heteroatoms. The Morgan fingerprint density at radius 3 is 2.43 bits per heavy atom. The predicted octanol–water partition coefficient (Wildman–Crippen LogP) is 6.10. The van der Waals surface area contributed by atoms with Crippen molar-refractivity contribution in [3.05, 3.63) is 105 Å². The van der Waals surface area contributed by atoms with Gasteiger partial charge < -0.3 is 0 Å². The summed E-state index contributed by atoms with van der Waals surface area (Å²) in [5.74, 6) is 0.795. The van der Waals surface area contributed by atoms with Gasteiger partial charge in [0.05, 0.1) is 0 Å². The molecule has 146 valence electrons. The Bertz CT molecular complexity index is 1190. The van der Waals surface area contributed by atoms with Crippen LogP contribution in [0.1, 0.15) is 15.7 Å². The van der Waals surface area contributed by atoms with E-state index < -0.39 is 0 Å². The zero-order valence-corrected chi connectivity index (χ0v) is 18.4. The van der Waals surface area contributed by atoms with Crippen molar-refractivity contribution >= 4 is 37.8 Å². The fourth-order valence-corrected chi connectivity index (χ4v) is 4.65. The molecule has 3 aromatic carbocycles. The minimum absolute atomic E-state index is 0.0231. The maximum absolute atomic E-state index is 9.65. The number of hydrogen-bond donors (Lipinski definition) is 0. The summed E-state index contributed by atoms with van der Waals surface area (Å²) >= 11 is 5.98. The van der Waals surface area contributed by atoms with E-state index in [1.54, 1.807) is 0 Å². The number of hydrogen-bond acceptors (Lipinski definition) is 3. The van der Waals surface area contributed by atoms with Gasteiger partial charge in [-0.3, -0.25) is 0 Å². The summed E-state index contributed by atoms with van der Waals surface area (Å²) in [7, 11) is 0. The third-order valence-electron chi connectivity index (χ3n) is 4.43. The molecule has 0 unspecified atom stereocenters. The van der Waals surface area contributed by atoms with Crippen molar-refractivity contribution in [3.63, 3.8) is 0 Å². The van der Waals surface area contributed by atoms with Crippen LogP contribution in [0.25, 0.3) is 22.9 Å². The van der Waals surface area contributed by atoms with Gasteiger partial charge in [0.2, 0.25) is 0 Å². The quantitative estimate of drug-likeness (QED) is 0.250. The number of nitrogens with zero attached hydrogens (tertiary/aromatic N) is 2. The molecule has 0 saturated heterocycles. The Balaban J connectivity index is 1.47. The van der Waals surface area contributed by atoms with E-state index in [1.165, 1.54) is 0 Å². The van der Waals surface area contributed by atoms with Gasteiger partial charge in [-0.2, -0.15) is 0 Å². The predicted molar refractivity (Wildman–Crippen MR) is 122 cm³/mol. The molecule has 0 aliphatic carbocycles. The standard InChI is InChI=1S/C25H17ClN2OSe/c26-22-10-8-20(9-11-22)24-17-30-25(28-24)21(15-27)14-18-6-12-23(13-7-18)29-16-19-4-2-1-3-5-19/h1-14,17H,16H2/b21-14+. The molecule has 0 N–H and O–H groups in total. The van der Waals surface area contributed by atoms with Crippen LogP contribution < -0.4 is 4.74 Å². The van der Waals surface area contributed by atoms with Crippen molar-refractivity contribution in [2.45, 2.75) is 6.61 Å². The van der Waals surface area contributed by atoms with Crippen molar-refractivity contribution in [1.82, 2.24) is 4.98 Å².